The van der Waals surface area contributed by atoms with Gasteiger partial charge in [-0.3, -0.25) is 0 Å². The van der Waals surface area contributed by atoms with Gasteiger partial charge in [-0.2, -0.15) is 0 Å². The van der Waals surface area contributed by atoms with Gasteiger partial charge in [0.1, 0.15) is 0 Å². The van der Waals surface area contributed by atoms with Gasteiger partial charge in [-0.05, 0) is 37.0 Å². The molecule has 1 amide bonds. The third-order valence-electron chi connectivity index (χ3n) is 4.15. The highest BCUT2D eigenvalue weighted by molar-refractivity contribution is 5.66. The van der Waals surface area contributed by atoms with E-state index in [-0.39, 0.29) is 0 Å². The van der Waals surface area contributed by atoms with Crippen molar-refractivity contribution >= 4 is 6.09 Å². The van der Waals surface area contributed by atoms with E-state index in [2.05, 4.69) is 0 Å². The number of fused-ring (bicyclic) bond motifs is 2. The quantitative estimate of drug-likeness (QED) is 0.594. The van der Waals surface area contributed by atoms with E-state index in [1.165, 1.54) is 12.8 Å². The second-order valence-corrected chi connectivity index (χ2v) is 4.45. The summed E-state index contributed by atoms with van der Waals surface area (Å²) in [7, 11) is 0. The van der Waals surface area contributed by atoms with Gasteiger partial charge in [0, 0.05) is 12.6 Å². The Labute approximate surface area is 71.4 Å². The number of carbonyl (C=O) groups is 1. The topological polar surface area (TPSA) is 40.5 Å². The van der Waals surface area contributed by atoms with Crippen molar-refractivity contribution in [2.45, 2.75) is 31.7 Å². The molecule has 2 saturated heterocycles. The summed E-state index contributed by atoms with van der Waals surface area (Å²) in [5.74, 6) is 0.873. The predicted octanol–water partition coefficient (Wildman–Crippen LogP) is 1.54. The summed E-state index contributed by atoms with van der Waals surface area (Å²) in [6.07, 6.45) is 4.12. The van der Waals surface area contributed by atoms with Crippen LogP contribution in [0, 0.1) is 11.3 Å². The van der Waals surface area contributed by atoms with Crippen molar-refractivity contribution in [3.05, 3.63) is 0 Å². The molecule has 0 aromatic carbocycles. The van der Waals surface area contributed by atoms with Crippen LogP contribution in [0.5, 0.6) is 0 Å². The van der Waals surface area contributed by atoms with Gasteiger partial charge in [0.25, 0.3) is 0 Å². The number of rotatable bonds is 0. The van der Waals surface area contributed by atoms with Crippen LogP contribution in [0.15, 0.2) is 0 Å². The lowest BCUT2D eigenvalue weighted by atomic mass is 9.61. The van der Waals surface area contributed by atoms with Crippen LogP contribution in [-0.4, -0.2) is 28.7 Å². The largest absolute Gasteiger partial charge is 0.465 e. The highest BCUT2D eigenvalue weighted by Gasteiger charge is 2.66. The molecule has 2 atom stereocenters. The number of nitrogens with zero attached hydrogens (tertiary/aromatic N) is 1. The van der Waals surface area contributed by atoms with E-state index in [9.17, 15) is 4.79 Å². The Morgan fingerprint density at radius 3 is 2.75 bits per heavy atom. The van der Waals surface area contributed by atoms with Crippen LogP contribution < -0.4 is 0 Å². The van der Waals surface area contributed by atoms with E-state index >= 15 is 0 Å². The van der Waals surface area contributed by atoms with Crippen LogP contribution in [0.1, 0.15) is 25.7 Å². The van der Waals surface area contributed by atoms with Gasteiger partial charge in [0.05, 0.1) is 0 Å². The van der Waals surface area contributed by atoms with Gasteiger partial charge >= 0.3 is 6.09 Å². The van der Waals surface area contributed by atoms with Gasteiger partial charge in [-0.25, -0.2) is 4.79 Å². The van der Waals surface area contributed by atoms with Gasteiger partial charge < -0.3 is 10.0 Å². The number of hydrogen-bond acceptors (Lipinski definition) is 1. The van der Waals surface area contributed by atoms with Crippen LogP contribution in [-0.2, 0) is 0 Å². The van der Waals surface area contributed by atoms with E-state index in [0.717, 1.165) is 25.3 Å². The Morgan fingerprint density at radius 1 is 1.50 bits per heavy atom. The van der Waals surface area contributed by atoms with Crippen LogP contribution in [0.25, 0.3) is 0 Å². The van der Waals surface area contributed by atoms with Gasteiger partial charge in [-0.15, -0.1) is 0 Å². The molecule has 4 fully saturated rings. The monoisotopic (exact) mass is 167 g/mol. The number of amides is 1. The van der Waals surface area contributed by atoms with Crippen molar-refractivity contribution in [1.29, 1.82) is 0 Å². The van der Waals surface area contributed by atoms with Crippen LogP contribution in [0.4, 0.5) is 4.79 Å². The Hall–Kier alpha value is -0.730. The third kappa shape index (κ3) is 0.573. The zero-order chi connectivity index (χ0) is 8.34. The molecule has 3 heteroatoms. The summed E-state index contributed by atoms with van der Waals surface area (Å²) in [5, 5.41) is 8.92. The van der Waals surface area contributed by atoms with E-state index in [4.69, 9.17) is 5.11 Å². The summed E-state index contributed by atoms with van der Waals surface area (Å²) in [4.78, 5) is 12.5. The zero-order valence-corrected chi connectivity index (χ0v) is 6.99. The van der Waals surface area contributed by atoms with Crippen LogP contribution in [0.3, 0.4) is 0 Å². The third-order valence-corrected chi connectivity index (χ3v) is 4.15. The average molecular weight is 167 g/mol. The number of piperidine rings is 2. The molecule has 2 bridgehead atoms. The first kappa shape index (κ1) is 6.75. The molecule has 0 aromatic heterocycles. The average Bonchev–Trinajstić information content (AvgIpc) is 2.84. The molecule has 1 N–H and O–H groups in total. The fourth-order valence-corrected chi connectivity index (χ4v) is 3.26. The molecule has 0 radical (unpaired) electrons. The molecule has 2 saturated carbocycles. The smallest absolute Gasteiger partial charge is 0.407 e. The maximum absolute atomic E-state index is 10.8. The van der Waals surface area contributed by atoms with Crippen molar-refractivity contribution in [3.8, 4) is 0 Å². The second kappa shape index (κ2) is 1.78. The zero-order valence-electron chi connectivity index (χ0n) is 6.99. The molecule has 12 heavy (non-hydrogen) atoms. The minimum atomic E-state index is -0.704. The van der Waals surface area contributed by atoms with Crippen LogP contribution in [0.2, 0.25) is 0 Å². The minimum absolute atomic E-state index is 0.397. The van der Waals surface area contributed by atoms with Crippen molar-refractivity contribution in [1.82, 2.24) is 4.90 Å². The Bertz CT molecular complexity index is 245. The van der Waals surface area contributed by atoms with E-state index < -0.39 is 6.09 Å². The molecule has 4 rings (SSSR count). The van der Waals surface area contributed by atoms with Gasteiger partial charge in [0.2, 0.25) is 0 Å². The maximum atomic E-state index is 10.8. The van der Waals surface area contributed by atoms with E-state index in [0.29, 0.717) is 11.5 Å². The molecule has 0 aromatic rings. The molecule has 66 valence electrons. The van der Waals surface area contributed by atoms with Gasteiger partial charge in [-0.1, -0.05) is 0 Å². The van der Waals surface area contributed by atoms with Crippen molar-refractivity contribution in [3.63, 3.8) is 0 Å². The Kier molecular flexibility index (Phi) is 1.00. The lowest BCUT2D eigenvalue weighted by Gasteiger charge is -2.55. The normalized spacial score (nSPS) is 40.8. The lowest BCUT2D eigenvalue weighted by molar-refractivity contribution is -0.0576. The second-order valence-electron chi connectivity index (χ2n) is 4.45. The number of hydrogen-bond donors (Lipinski definition) is 1. The molecular weight excluding hydrogens is 154 g/mol. The highest BCUT2D eigenvalue weighted by Crippen LogP contribution is 2.68. The predicted molar refractivity (Wildman–Crippen MR) is 42.9 cm³/mol. The molecule has 2 heterocycles. The van der Waals surface area contributed by atoms with Gasteiger partial charge in [0.15, 0.2) is 0 Å². The molecular formula is C9H13NO2. The van der Waals surface area contributed by atoms with Crippen molar-refractivity contribution in [2.24, 2.45) is 11.3 Å². The standard InChI is InChI=1S/C9H13NO2/c11-8(12)10-4-1-6-5-7(10)9(6)2-3-9/h6-7H,1-5H2,(H,11,12). The first-order valence-electron chi connectivity index (χ1n) is 4.73. The molecule has 2 unspecified atom stereocenters. The summed E-state index contributed by atoms with van der Waals surface area (Å²) in [6.45, 7) is 0.784. The molecule has 3 nitrogen and oxygen atoms in total. The molecule has 4 aliphatic rings. The summed E-state index contributed by atoms with van der Waals surface area (Å²) < 4.78 is 0. The Balaban J connectivity index is 1.86. The SMILES string of the molecule is O=C(O)N1CCC2CC1C21CC1. The fraction of sp³-hybridized carbons (Fsp3) is 0.889. The first-order chi connectivity index (χ1) is 5.74. The summed E-state index contributed by atoms with van der Waals surface area (Å²) >= 11 is 0. The van der Waals surface area contributed by atoms with Crippen LogP contribution >= 0.6 is 0 Å². The first-order valence-corrected chi connectivity index (χ1v) is 4.73. The summed E-state index contributed by atoms with van der Waals surface area (Å²) in [5.41, 5.74) is 0.483. The lowest BCUT2D eigenvalue weighted by Crippen LogP contribution is -2.61. The van der Waals surface area contributed by atoms with E-state index in [1.54, 1.807) is 4.90 Å². The molecule has 2 aliphatic carbocycles. The summed E-state index contributed by atoms with van der Waals surface area (Å²) in [6, 6.07) is 0.397. The maximum Gasteiger partial charge on any atom is 0.407 e. The highest BCUT2D eigenvalue weighted by atomic mass is 16.4. The fourth-order valence-electron chi connectivity index (χ4n) is 3.26. The van der Waals surface area contributed by atoms with E-state index in [1.807, 2.05) is 0 Å². The Morgan fingerprint density at radius 2 is 2.25 bits per heavy atom. The number of carboxylic acid groups (broad SMARTS) is 1. The van der Waals surface area contributed by atoms with Crippen molar-refractivity contribution in [2.75, 3.05) is 6.54 Å². The molecule has 2 aliphatic heterocycles. The minimum Gasteiger partial charge on any atom is -0.465 e. The van der Waals surface area contributed by atoms with Crippen molar-refractivity contribution < 1.29 is 9.90 Å². The molecule has 1 spiro atoms.